The van der Waals surface area contributed by atoms with Gasteiger partial charge in [0.05, 0.1) is 6.61 Å². The van der Waals surface area contributed by atoms with Crippen LogP contribution in [-0.2, 0) is 0 Å². The van der Waals surface area contributed by atoms with Crippen molar-refractivity contribution < 1.29 is 4.74 Å². The van der Waals surface area contributed by atoms with Crippen LogP contribution in [0.4, 0.5) is 0 Å². The molecule has 0 atom stereocenters. The maximum atomic E-state index is 5.75. The largest absolute Gasteiger partial charge is 0.494 e. The minimum Gasteiger partial charge on any atom is -0.494 e. The van der Waals surface area contributed by atoms with Crippen LogP contribution in [-0.4, -0.2) is 6.61 Å². The molecule has 0 N–H and O–H groups in total. The van der Waals surface area contributed by atoms with Gasteiger partial charge in [-0.3, -0.25) is 0 Å². The fourth-order valence-electron chi connectivity index (χ4n) is 1.71. The van der Waals surface area contributed by atoms with Crippen molar-refractivity contribution in [3.8, 4) is 5.75 Å². The molecule has 0 radical (unpaired) electrons. The van der Waals surface area contributed by atoms with Gasteiger partial charge in [0, 0.05) is 4.47 Å². The summed E-state index contributed by atoms with van der Waals surface area (Å²) in [5.41, 5.74) is 2.48. The molecule has 90 valence electrons. The van der Waals surface area contributed by atoms with Crippen molar-refractivity contribution in [1.29, 1.82) is 0 Å². The van der Waals surface area contributed by atoms with Crippen LogP contribution in [0.15, 0.2) is 16.6 Å². The lowest BCUT2D eigenvalue weighted by molar-refractivity contribution is 0.304. The maximum absolute atomic E-state index is 5.75. The van der Waals surface area contributed by atoms with Crippen LogP contribution in [0.5, 0.6) is 5.75 Å². The second kappa shape index (κ2) is 6.95. The van der Waals surface area contributed by atoms with Gasteiger partial charge in [-0.15, -0.1) is 0 Å². The quantitative estimate of drug-likeness (QED) is 0.666. The summed E-state index contributed by atoms with van der Waals surface area (Å²) in [4.78, 5) is 0. The van der Waals surface area contributed by atoms with E-state index in [0.29, 0.717) is 0 Å². The SMILES string of the molecule is CCCCCCOc1cc(C)c(Br)c(C)c1. The van der Waals surface area contributed by atoms with Crippen molar-refractivity contribution in [1.82, 2.24) is 0 Å². The highest BCUT2D eigenvalue weighted by atomic mass is 79.9. The van der Waals surface area contributed by atoms with Crippen LogP contribution in [0.1, 0.15) is 43.7 Å². The lowest BCUT2D eigenvalue weighted by Crippen LogP contribution is -1.98. The molecule has 0 unspecified atom stereocenters. The average Bonchev–Trinajstić information content (AvgIpc) is 2.25. The predicted octanol–water partition coefficient (Wildman–Crippen LogP) is 5.03. The summed E-state index contributed by atoms with van der Waals surface area (Å²) in [7, 11) is 0. The third kappa shape index (κ3) is 4.17. The molecule has 2 heteroatoms. The predicted molar refractivity (Wildman–Crippen MR) is 73.3 cm³/mol. The molecule has 0 heterocycles. The van der Waals surface area contributed by atoms with Gasteiger partial charge in [0.15, 0.2) is 0 Å². The van der Waals surface area contributed by atoms with E-state index in [1.54, 1.807) is 0 Å². The van der Waals surface area contributed by atoms with Gasteiger partial charge in [0.25, 0.3) is 0 Å². The van der Waals surface area contributed by atoms with Crippen LogP contribution in [0.2, 0.25) is 0 Å². The van der Waals surface area contributed by atoms with E-state index in [1.807, 2.05) is 0 Å². The van der Waals surface area contributed by atoms with E-state index in [2.05, 4.69) is 48.8 Å². The highest BCUT2D eigenvalue weighted by molar-refractivity contribution is 9.10. The first-order valence-corrected chi connectivity index (χ1v) is 6.84. The van der Waals surface area contributed by atoms with Gasteiger partial charge in [-0.2, -0.15) is 0 Å². The Morgan fingerprint density at radius 2 is 1.69 bits per heavy atom. The van der Waals surface area contributed by atoms with E-state index in [4.69, 9.17) is 4.74 Å². The molecule has 0 saturated heterocycles. The van der Waals surface area contributed by atoms with E-state index >= 15 is 0 Å². The molecule has 0 spiro atoms. The molecule has 1 aromatic carbocycles. The molecule has 0 aliphatic heterocycles. The van der Waals surface area contributed by atoms with Crippen LogP contribution >= 0.6 is 15.9 Å². The van der Waals surface area contributed by atoms with E-state index < -0.39 is 0 Å². The summed E-state index contributed by atoms with van der Waals surface area (Å²) in [6, 6.07) is 4.19. The average molecular weight is 285 g/mol. The van der Waals surface area contributed by atoms with Gasteiger partial charge >= 0.3 is 0 Å². The van der Waals surface area contributed by atoms with Crippen LogP contribution in [0, 0.1) is 13.8 Å². The number of hydrogen-bond donors (Lipinski definition) is 0. The van der Waals surface area contributed by atoms with E-state index in [1.165, 1.54) is 34.9 Å². The van der Waals surface area contributed by atoms with Crippen molar-refractivity contribution in [2.75, 3.05) is 6.61 Å². The molecule has 0 aliphatic carbocycles. The van der Waals surface area contributed by atoms with E-state index in [-0.39, 0.29) is 0 Å². The van der Waals surface area contributed by atoms with Crippen LogP contribution < -0.4 is 4.74 Å². The molecule has 0 bridgehead atoms. The molecule has 1 nitrogen and oxygen atoms in total. The zero-order chi connectivity index (χ0) is 12.0. The van der Waals surface area contributed by atoms with Gasteiger partial charge in [-0.1, -0.05) is 42.1 Å². The van der Waals surface area contributed by atoms with Crippen molar-refractivity contribution in [2.45, 2.75) is 46.5 Å². The summed E-state index contributed by atoms with van der Waals surface area (Å²) in [6.07, 6.45) is 5.01. The molecule has 16 heavy (non-hydrogen) atoms. The Labute approximate surface area is 107 Å². The molecule has 1 rings (SSSR count). The zero-order valence-electron chi connectivity index (χ0n) is 10.5. The molecule has 0 saturated carbocycles. The first-order valence-electron chi connectivity index (χ1n) is 6.04. The van der Waals surface area contributed by atoms with Gasteiger partial charge in [-0.05, 0) is 43.5 Å². The Hall–Kier alpha value is -0.500. The smallest absolute Gasteiger partial charge is 0.119 e. The number of benzene rings is 1. The zero-order valence-corrected chi connectivity index (χ0v) is 12.1. The molecule has 0 aliphatic rings. The second-order valence-electron chi connectivity index (χ2n) is 4.28. The number of rotatable bonds is 6. The van der Waals surface area contributed by atoms with Gasteiger partial charge in [-0.25, -0.2) is 0 Å². The molecule has 1 aromatic rings. The van der Waals surface area contributed by atoms with Crippen molar-refractivity contribution >= 4 is 15.9 Å². The van der Waals surface area contributed by atoms with E-state index in [0.717, 1.165) is 18.8 Å². The molecule has 0 amide bonds. The summed E-state index contributed by atoms with van der Waals surface area (Å²) < 4.78 is 6.93. The fourth-order valence-corrected chi connectivity index (χ4v) is 1.94. The summed E-state index contributed by atoms with van der Waals surface area (Å²) in [5.74, 6) is 0.995. The molecule has 0 aromatic heterocycles. The number of hydrogen-bond acceptors (Lipinski definition) is 1. The number of unbranched alkanes of at least 4 members (excludes halogenated alkanes) is 3. The molecular formula is C14H21BrO. The van der Waals surface area contributed by atoms with Gasteiger partial charge in [0.2, 0.25) is 0 Å². The monoisotopic (exact) mass is 284 g/mol. The highest BCUT2D eigenvalue weighted by Gasteiger charge is 2.02. The maximum Gasteiger partial charge on any atom is 0.119 e. The second-order valence-corrected chi connectivity index (χ2v) is 5.07. The lowest BCUT2D eigenvalue weighted by Gasteiger charge is -2.09. The van der Waals surface area contributed by atoms with Crippen LogP contribution in [0.3, 0.4) is 0 Å². The van der Waals surface area contributed by atoms with E-state index in [9.17, 15) is 0 Å². The summed E-state index contributed by atoms with van der Waals surface area (Å²) in [6.45, 7) is 7.25. The normalized spacial score (nSPS) is 10.5. The first-order chi connectivity index (χ1) is 7.65. The number of aryl methyl sites for hydroxylation is 2. The number of halogens is 1. The summed E-state index contributed by atoms with van der Waals surface area (Å²) >= 11 is 3.56. The minimum atomic E-state index is 0.834. The Kier molecular flexibility index (Phi) is 5.89. The Balaban J connectivity index is 2.43. The van der Waals surface area contributed by atoms with Crippen molar-refractivity contribution in [3.63, 3.8) is 0 Å². The Bertz CT molecular complexity index is 311. The Morgan fingerprint density at radius 1 is 1.06 bits per heavy atom. The lowest BCUT2D eigenvalue weighted by atomic mass is 10.1. The third-order valence-electron chi connectivity index (χ3n) is 2.68. The van der Waals surface area contributed by atoms with Gasteiger partial charge < -0.3 is 4.74 Å². The third-order valence-corrected chi connectivity index (χ3v) is 3.93. The topological polar surface area (TPSA) is 9.23 Å². The minimum absolute atomic E-state index is 0.834. The summed E-state index contributed by atoms with van der Waals surface area (Å²) in [5, 5.41) is 0. The molecular weight excluding hydrogens is 264 g/mol. The van der Waals surface area contributed by atoms with Crippen molar-refractivity contribution in [3.05, 3.63) is 27.7 Å². The number of ether oxygens (including phenoxy) is 1. The van der Waals surface area contributed by atoms with Crippen LogP contribution in [0.25, 0.3) is 0 Å². The standard InChI is InChI=1S/C14H21BrO/c1-4-5-6-7-8-16-13-9-11(2)14(15)12(3)10-13/h9-10H,4-8H2,1-3H3. The fraction of sp³-hybridized carbons (Fsp3) is 0.571. The van der Waals surface area contributed by atoms with Gasteiger partial charge in [0.1, 0.15) is 5.75 Å². The first kappa shape index (κ1) is 13.6. The highest BCUT2D eigenvalue weighted by Crippen LogP contribution is 2.26. The van der Waals surface area contributed by atoms with Crippen molar-refractivity contribution in [2.24, 2.45) is 0 Å². The molecule has 0 fully saturated rings. The Morgan fingerprint density at radius 3 is 2.25 bits per heavy atom.